The smallest absolute Gasteiger partial charge is 0.338 e. The molecule has 36 heavy (non-hydrogen) atoms. The fourth-order valence-corrected chi connectivity index (χ4v) is 4.45. The Balaban J connectivity index is 1.49. The lowest BCUT2D eigenvalue weighted by Gasteiger charge is -2.28. The number of ether oxygens (including phenoxy) is 2. The molecular formula is C27H24BrN5O3. The Morgan fingerprint density at radius 1 is 1.00 bits per heavy atom. The highest BCUT2D eigenvalue weighted by Gasteiger charge is 2.36. The number of allylic oxidation sites excluding steroid dienone is 1. The van der Waals surface area contributed by atoms with Gasteiger partial charge in [-0.3, -0.25) is 0 Å². The van der Waals surface area contributed by atoms with Crippen LogP contribution in [0, 0.1) is 6.92 Å². The average Bonchev–Trinajstić information content (AvgIpc) is 3.35. The lowest BCUT2D eigenvalue weighted by molar-refractivity contribution is -0.140. The van der Waals surface area contributed by atoms with Crippen LogP contribution in [-0.4, -0.2) is 26.2 Å². The summed E-state index contributed by atoms with van der Waals surface area (Å²) in [5.41, 5.74) is 4.88. The Morgan fingerprint density at radius 2 is 1.75 bits per heavy atom. The van der Waals surface area contributed by atoms with Crippen LogP contribution >= 0.6 is 15.9 Å². The number of tetrazole rings is 1. The van der Waals surface area contributed by atoms with E-state index in [0.29, 0.717) is 29.6 Å². The maximum Gasteiger partial charge on any atom is 0.338 e. The van der Waals surface area contributed by atoms with Gasteiger partial charge in [0.1, 0.15) is 25.0 Å². The van der Waals surface area contributed by atoms with Crippen LogP contribution in [0.5, 0.6) is 5.75 Å². The number of carbonyl (C=O) groups is 1. The molecule has 1 aliphatic rings. The van der Waals surface area contributed by atoms with Crippen molar-refractivity contribution in [1.29, 1.82) is 0 Å². The van der Waals surface area contributed by atoms with E-state index in [4.69, 9.17) is 9.47 Å². The molecule has 0 amide bonds. The molecule has 182 valence electrons. The Kier molecular flexibility index (Phi) is 6.81. The van der Waals surface area contributed by atoms with Gasteiger partial charge in [0.05, 0.1) is 5.57 Å². The van der Waals surface area contributed by atoms with Crippen molar-refractivity contribution >= 4 is 27.8 Å². The van der Waals surface area contributed by atoms with Crippen LogP contribution in [0.15, 0.2) is 88.5 Å². The van der Waals surface area contributed by atoms with Crippen LogP contribution in [-0.2, 0) is 22.7 Å². The topological polar surface area (TPSA) is 91.2 Å². The Labute approximate surface area is 217 Å². The van der Waals surface area contributed by atoms with Gasteiger partial charge in [-0.05, 0) is 53.6 Å². The summed E-state index contributed by atoms with van der Waals surface area (Å²) in [6.07, 6.45) is 0. The number of rotatable bonds is 7. The molecule has 0 saturated carbocycles. The first-order valence-electron chi connectivity index (χ1n) is 11.4. The average molecular weight is 546 g/mol. The third-order valence-electron chi connectivity index (χ3n) is 5.93. The monoisotopic (exact) mass is 545 g/mol. The second-order valence-electron chi connectivity index (χ2n) is 8.53. The third kappa shape index (κ3) is 5.01. The largest absolute Gasteiger partial charge is 0.489 e. The minimum atomic E-state index is -0.648. The summed E-state index contributed by atoms with van der Waals surface area (Å²) in [5, 5.41) is 15.2. The Morgan fingerprint density at radius 3 is 2.53 bits per heavy atom. The van der Waals surface area contributed by atoms with Gasteiger partial charge in [0.25, 0.3) is 0 Å². The molecule has 8 nitrogen and oxygen atoms in total. The molecule has 1 aliphatic heterocycles. The van der Waals surface area contributed by atoms with E-state index in [9.17, 15) is 4.79 Å². The molecule has 2 heterocycles. The SMILES string of the molecule is CC1=C(C(=O)OCc2ccccc2)C(c2cc(Br)ccc2OCc2ccc(C)cc2)n2nnnc2N1. The van der Waals surface area contributed by atoms with Gasteiger partial charge in [-0.15, -0.1) is 0 Å². The van der Waals surface area contributed by atoms with Crippen LogP contribution in [0.2, 0.25) is 0 Å². The van der Waals surface area contributed by atoms with Gasteiger partial charge < -0.3 is 14.8 Å². The highest BCUT2D eigenvalue weighted by Crippen LogP contribution is 2.40. The number of nitrogens with zero attached hydrogens (tertiary/aromatic N) is 4. The number of hydrogen-bond donors (Lipinski definition) is 1. The standard InChI is InChI=1S/C27H24BrN5O3/c1-17-8-10-20(11-9-17)15-35-23-13-12-21(28)14-22(23)25-24(18(2)29-27-30-31-32-33(25)27)26(34)36-16-19-6-4-3-5-7-19/h3-14,25H,15-16H2,1-2H3,(H,29,30,32). The molecule has 1 aromatic heterocycles. The minimum Gasteiger partial charge on any atom is -0.489 e. The summed E-state index contributed by atoms with van der Waals surface area (Å²) in [6.45, 7) is 4.39. The van der Waals surface area contributed by atoms with Crippen molar-refractivity contribution in [3.05, 3.63) is 111 Å². The molecular weight excluding hydrogens is 522 g/mol. The van der Waals surface area contributed by atoms with E-state index in [2.05, 4.69) is 36.8 Å². The van der Waals surface area contributed by atoms with Gasteiger partial charge >= 0.3 is 5.97 Å². The van der Waals surface area contributed by atoms with E-state index in [1.807, 2.05) is 86.6 Å². The van der Waals surface area contributed by atoms with E-state index in [1.165, 1.54) is 5.56 Å². The van der Waals surface area contributed by atoms with Gasteiger partial charge in [-0.1, -0.05) is 81.2 Å². The lowest BCUT2D eigenvalue weighted by Crippen LogP contribution is -2.30. The van der Waals surface area contributed by atoms with Crippen LogP contribution in [0.25, 0.3) is 0 Å². The second-order valence-corrected chi connectivity index (χ2v) is 9.45. The normalized spacial score (nSPS) is 14.7. The number of benzene rings is 3. The maximum absolute atomic E-state index is 13.5. The number of aryl methyl sites for hydroxylation is 1. The zero-order valence-corrected chi connectivity index (χ0v) is 21.4. The van der Waals surface area contributed by atoms with Gasteiger partial charge in [0.15, 0.2) is 0 Å². The van der Waals surface area contributed by atoms with Gasteiger partial charge in [0.2, 0.25) is 5.95 Å². The first kappa shape index (κ1) is 23.7. The highest BCUT2D eigenvalue weighted by molar-refractivity contribution is 9.10. The number of carbonyl (C=O) groups excluding carboxylic acids is 1. The molecule has 0 bridgehead atoms. The summed E-state index contributed by atoms with van der Waals surface area (Å²) >= 11 is 3.57. The van der Waals surface area contributed by atoms with Gasteiger partial charge in [-0.2, -0.15) is 4.68 Å². The maximum atomic E-state index is 13.5. The predicted molar refractivity (Wildman–Crippen MR) is 138 cm³/mol. The molecule has 1 unspecified atom stereocenters. The number of anilines is 1. The summed E-state index contributed by atoms with van der Waals surface area (Å²) in [6, 6.07) is 22.8. The van der Waals surface area contributed by atoms with E-state index in [-0.39, 0.29) is 6.61 Å². The van der Waals surface area contributed by atoms with Crippen LogP contribution < -0.4 is 10.1 Å². The number of nitrogens with one attached hydrogen (secondary N) is 1. The van der Waals surface area contributed by atoms with Crippen molar-refractivity contribution in [1.82, 2.24) is 20.2 Å². The predicted octanol–water partition coefficient (Wildman–Crippen LogP) is 5.36. The van der Waals surface area contributed by atoms with Crippen molar-refractivity contribution in [3.8, 4) is 5.75 Å². The molecule has 0 radical (unpaired) electrons. The summed E-state index contributed by atoms with van der Waals surface area (Å²) in [7, 11) is 0. The van der Waals surface area contributed by atoms with Crippen molar-refractivity contribution in [2.45, 2.75) is 33.1 Å². The van der Waals surface area contributed by atoms with Crippen molar-refractivity contribution in [3.63, 3.8) is 0 Å². The van der Waals surface area contributed by atoms with E-state index >= 15 is 0 Å². The number of hydrogen-bond acceptors (Lipinski definition) is 7. The quantitative estimate of drug-likeness (QED) is 0.313. The zero-order valence-electron chi connectivity index (χ0n) is 19.8. The summed E-state index contributed by atoms with van der Waals surface area (Å²) in [4.78, 5) is 13.5. The van der Waals surface area contributed by atoms with E-state index in [1.54, 1.807) is 4.68 Å². The number of esters is 1. The first-order valence-corrected chi connectivity index (χ1v) is 12.2. The fraction of sp³-hybridized carbons (Fsp3) is 0.185. The molecule has 3 aromatic carbocycles. The van der Waals surface area contributed by atoms with Gasteiger partial charge in [-0.25, -0.2) is 4.79 Å². The van der Waals surface area contributed by atoms with Crippen molar-refractivity contribution < 1.29 is 14.3 Å². The lowest BCUT2D eigenvalue weighted by atomic mass is 9.95. The van der Waals surface area contributed by atoms with E-state index < -0.39 is 12.0 Å². The molecule has 0 fully saturated rings. The third-order valence-corrected chi connectivity index (χ3v) is 6.42. The van der Waals surface area contributed by atoms with E-state index in [0.717, 1.165) is 21.2 Å². The number of halogens is 1. The number of fused-ring (bicyclic) bond motifs is 1. The summed E-state index contributed by atoms with van der Waals surface area (Å²) in [5.74, 6) is 0.592. The molecule has 1 N–H and O–H groups in total. The molecule has 0 spiro atoms. The Bertz CT molecular complexity index is 1420. The summed E-state index contributed by atoms with van der Waals surface area (Å²) < 4.78 is 14.4. The van der Waals surface area contributed by atoms with Crippen LogP contribution in [0.4, 0.5) is 5.95 Å². The van der Waals surface area contributed by atoms with Crippen LogP contribution in [0.1, 0.15) is 35.2 Å². The number of aromatic nitrogens is 4. The molecule has 5 rings (SSSR count). The molecule has 0 saturated heterocycles. The fourth-order valence-electron chi connectivity index (χ4n) is 4.07. The molecule has 0 aliphatic carbocycles. The van der Waals surface area contributed by atoms with Crippen molar-refractivity contribution in [2.24, 2.45) is 0 Å². The molecule has 9 heteroatoms. The highest BCUT2D eigenvalue weighted by atomic mass is 79.9. The van der Waals surface area contributed by atoms with Crippen molar-refractivity contribution in [2.75, 3.05) is 5.32 Å². The molecule has 1 atom stereocenters. The Hall–Kier alpha value is -3.98. The van der Waals surface area contributed by atoms with Gasteiger partial charge in [0, 0.05) is 15.7 Å². The molecule has 4 aromatic rings. The zero-order chi connectivity index (χ0) is 25.1. The first-order chi connectivity index (χ1) is 17.5. The minimum absolute atomic E-state index is 0.154. The second kappa shape index (κ2) is 10.3. The van der Waals surface area contributed by atoms with Crippen LogP contribution in [0.3, 0.4) is 0 Å².